The summed E-state index contributed by atoms with van der Waals surface area (Å²) >= 11 is 6.65. The van der Waals surface area contributed by atoms with Gasteiger partial charge in [0.05, 0.1) is 5.41 Å². The fourth-order valence-electron chi connectivity index (χ4n) is 4.83. The van der Waals surface area contributed by atoms with Crippen molar-refractivity contribution in [2.45, 2.75) is 64.0 Å². The number of hydrogen-bond acceptors (Lipinski definition) is 3. The van der Waals surface area contributed by atoms with Crippen LogP contribution >= 0.6 is 11.6 Å². The average Bonchev–Trinajstić information content (AvgIpc) is 2.80. The number of amides is 1. The minimum atomic E-state index is -0.778. The quantitative estimate of drug-likeness (QED) is 0.504. The second kappa shape index (κ2) is 11.8. The third kappa shape index (κ3) is 6.34. The van der Waals surface area contributed by atoms with Crippen LogP contribution in [0.25, 0.3) is 0 Å². The predicted molar refractivity (Wildman–Crippen MR) is 134 cm³/mol. The van der Waals surface area contributed by atoms with E-state index in [9.17, 15) is 4.79 Å². The number of carbonyl (C=O) groups excluding carboxylic acids is 1. The third-order valence-electron chi connectivity index (χ3n) is 6.95. The molecule has 1 saturated heterocycles. The van der Waals surface area contributed by atoms with Crippen molar-refractivity contribution < 1.29 is 4.79 Å². The Morgan fingerprint density at radius 1 is 1.03 bits per heavy atom. The lowest BCUT2D eigenvalue weighted by Gasteiger charge is -2.37. The Balaban J connectivity index is 1.84. The maximum absolute atomic E-state index is 13.1. The average molecular weight is 456 g/mol. The van der Waals surface area contributed by atoms with Crippen LogP contribution in [0.4, 0.5) is 0 Å². The zero-order valence-corrected chi connectivity index (χ0v) is 20.4. The highest BCUT2D eigenvalue weighted by molar-refractivity contribution is 6.31. The van der Waals surface area contributed by atoms with Gasteiger partial charge in [-0.2, -0.15) is 0 Å². The summed E-state index contributed by atoms with van der Waals surface area (Å²) in [4.78, 5) is 18.0. The first-order valence-electron chi connectivity index (χ1n) is 12.0. The first-order chi connectivity index (χ1) is 15.4. The number of primary amides is 1. The second-order valence-electron chi connectivity index (χ2n) is 9.38. The molecule has 32 heavy (non-hydrogen) atoms. The Hall–Kier alpha value is -1.88. The van der Waals surface area contributed by atoms with E-state index in [4.69, 9.17) is 17.3 Å². The highest BCUT2D eigenvalue weighted by Gasteiger charge is 2.40. The van der Waals surface area contributed by atoms with Crippen LogP contribution in [0.3, 0.4) is 0 Å². The molecule has 4 nitrogen and oxygen atoms in total. The first-order valence-corrected chi connectivity index (χ1v) is 12.4. The van der Waals surface area contributed by atoms with E-state index in [2.05, 4.69) is 47.9 Å². The zero-order chi connectivity index (χ0) is 23.0. The number of nitrogens with two attached hydrogens (primary N) is 1. The van der Waals surface area contributed by atoms with Gasteiger partial charge in [0.15, 0.2) is 0 Å². The molecule has 1 amide bonds. The van der Waals surface area contributed by atoms with E-state index < -0.39 is 5.41 Å². The van der Waals surface area contributed by atoms with Crippen LogP contribution < -0.4 is 5.73 Å². The van der Waals surface area contributed by atoms with Gasteiger partial charge in [0.1, 0.15) is 0 Å². The summed E-state index contributed by atoms with van der Waals surface area (Å²) in [6.07, 6.45) is 5.11. The number of rotatable bonds is 11. The molecule has 0 spiro atoms. The molecule has 0 aliphatic carbocycles. The fraction of sp³-hybridized carbons (Fsp3) is 0.519. The summed E-state index contributed by atoms with van der Waals surface area (Å²) < 4.78 is 0. The van der Waals surface area contributed by atoms with E-state index in [-0.39, 0.29) is 5.91 Å². The van der Waals surface area contributed by atoms with Crippen LogP contribution in [0.1, 0.15) is 57.1 Å². The van der Waals surface area contributed by atoms with Crippen molar-refractivity contribution in [1.29, 1.82) is 0 Å². The molecule has 2 aromatic carbocycles. The smallest absolute Gasteiger partial charge is 0.228 e. The summed E-state index contributed by atoms with van der Waals surface area (Å²) in [5, 5.41) is 0.629. The maximum Gasteiger partial charge on any atom is 0.228 e. The first kappa shape index (κ1) is 24.8. The Bertz CT molecular complexity index is 851. The third-order valence-corrected chi connectivity index (χ3v) is 7.28. The van der Waals surface area contributed by atoms with Crippen molar-refractivity contribution in [3.63, 3.8) is 0 Å². The summed E-state index contributed by atoms with van der Waals surface area (Å²) in [5.74, 6) is -0.272. The summed E-state index contributed by atoms with van der Waals surface area (Å²) in [6, 6.07) is 18.6. The van der Waals surface area contributed by atoms with Gasteiger partial charge in [-0.05, 0) is 76.4 Å². The number of carbonyl (C=O) groups is 1. The molecule has 174 valence electrons. The predicted octanol–water partition coefficient (Wildman–Crippen LogP) is 5.24. The van der Waals surface area contributed by atoms with E-state index in [0.29, 0.717) is 23.9 Å². The number of halogens is 1. The van der Waals surface area contributed by atoms with Crippen LogP contribution in [0.15, 0.2) is 54.6 Å². The van der Waals surface area contributed by atoms with Crippen molar-refractivity contribution in [3.8, 4) is 0 Å². The van der Waals surface area contributed by atoms with E-state index in [1.54, 1.807) is 0 Å². The monoisotopic (exact) mass is 455 g/mol. The largest absolute Gasteiger partial charge is 0.369 e. The highest BCUT2D eigenvalue weighted by Crippen LogP contribution is 2.37. The molecule has 1 aliphatic heterocycles. The van der Waals surface area contributed by atoms with Crippen LogP contribution in [0.5, 0.6) is 0 Å². The van der Waals surface area contributed by atoms with Crippen molar-refractivity contribution >= 4 is 17.5 Å². The number of benzene rings is 2. The molecule has 2 N–H and O–H groups in total. The topological polar surface area (TPSA) is 49.6 Å². The Kier molecular flexibility index (Phi) is 9.15. The van der Waals surface area contributed by atoms with Crippen LogP contribution in [0.2, 0.25) is 5.02 Å². The van der Waals surface area contributed by atoms with Crippen molar-refractivity contribution in [1.82, 2.24) is 9.80 Å². The molecule has 5 heteroatoms. The molecule has 0 saturated carbocycles. The van der Waals surface area contributed by atoms with Gasteiger partial charge in [-0.3, -0.25) is 9.69 Å². The highest BCUT2D eigenvalue weighted by atomic mass is 35.5. The lowest BCUT2D eigenvalue weighted by Crippen LogP contribution is -2.47. The summed E-state index contributed by atoms with van der Waals surface area (Å²) in [7, 11) is 0. The molecule has 0 unspecified atom stereocenters. The molecular weight excluding hydrogens is 418 g/mol. The van der Waals surface area contributed by atoms with Gasteiger partial charge in [0.2, 0.25) is 5.91 Å². The molecule has 0 aromatic heterocycles. The molecule has 3 rings (SSSR count). The minimum absolute atomic E-state index is 0.272. The molecule has 1 atom stereocenters. The molecule has 1 fully saturated rings. The lowest BCUT2D eigenvalue weighted by molar-refractivity contribution is -0.124. The van der Waals surface area contributed by atoms with Crippen molar-refractivity contribution in [2.24, 2.45) is 5.73 Å². The molecule has 2 aromatic rings. The van der Waals surface area contributed by atoms with Crippen molar-refractivity contribution in [2.75, 3.05) is 26.2 Å². The van der Waals surface area contributed by atoms with Crippen LogP contribution in [-0.2, 0) is 16.8 Å². The Labute approximate surface area is 198 Å². The van der Waals surface area contributed by atoms with Crippen LogP contribution in [-0.4, -0.2) is 47.9 Å². The number of likely N-dealkylation sites (tertiary alicyclic amines) is 1. The molecule has 0 radical (unpaired) electrons. The Morgan fingerprint density at radius 2 is 1.69 bits per heavy atom. The number of hydrogen-bond donors (Lipinski definition) is 1. The summed E-state index contributed by atoms with van der Waals surface area (Å²) in [5.41, 5.74) is 7.54. The van der Waals surface area contributed by atoms with Gasteiger partial charge in [-0.1, -0.05) is 66.6 Å². The van der Waals surface area contributed by atoms with Gasteiger partial charge < -0.3 is 10.6 Å². The van der Waals surface area contributed by atoms with E-state index in [1.807, 2.05) is 30.3 Å². The zero-order valence-electron chi connectivity index (χ0n) is 19.6. The van der Waals surface area contributed by atoms with Gasteiger partial charge >= 0.3 is 0 Å². The van der Waals surface area contributed by atoms with Gasteiger partial charge in [-0.15, -0.1) is 0 Å². The SMILES string of the molecule is CC(C)N(CC[C@](CCN1CCCCC1)(C(N)=O)c1ccccc1Cl)Cc1ccccc1. The van der Waals surface area contributed by atoms with Gasteiger partial charge in [-0.25, -0.2) is 0 Å². The molecule has 1 aliphatic rings. The molecule has 1 heterocycles. The molecular formula is C27H38ClN3O. The van der Waals surface area contributed by atoms with Gasteiger partial charge in [0, 0.05) is 24.2 Å². The van der Waals surface area contributed by atoms with Gasteiger partial charge in [0.25, 0.3) is 0 Å². The number of nitrogens with zero attached hydrogens (tertiary/aromatic N) is 2. The van der Waals surface area contributed by atoms with Crippen LogP contribution in [0, 0.1) is 0 Å². The molecule has 0 bridgehead atoms. The standard InChI is InChI=1S/C27H38ClN3O/c1-22(2)31(21-23-11-5-3-6-12-23)20-16-27(26(29)32,24-13-7-8-14-25(24)28)15-19-30-17-9-4-10-18-30/h3,5-8,11-14,22H,4,9-10,15-21H2,1-2H3,(H2,29,32)/t27-/m0/s1. The second-order valence-corrected chi connectivity index (χ2v) is 9.79. The van der Waals surface area contributed by atoms with E-state index in [1.165, 1.54) is 24.8 Å². The van der Waals surface area contributed by atoms with E-state index in [0.717, 1.165) is 38.3 Å². The lowest BCUT2D eigenvalue weighted by atomic mass is 9.73. The normalized spacial score (nSPS) is 16.9. The fourth-order valence-corrected chi connectivity index (χ4v) is 5.14. The minimum Gasteiger partial charge on any atom is -0.369 e. The maximum atomic E-state index is 13.1. The van der Waals surface area contributed by atoms with Crippen molar-refractivity contribution in [3.05, 3.63) is 70.7 Å². The van der Waals surface area contributed by atoms with E-state index >= 15 is 0 Å². The summed E-state index contributed by atoms with van der Waals surface area (Å²) in [6.45, 7) is 9.11. The number of piperidine rings is 1. The Morgan fingerprint density at radius 3 is 2.31 bits per heavy atom.